The molecule has 3 aromatic rings. The predicted molar refractivity (Wildman–Crippen MR) is 92.9 cm³/mol. The fourth-order valence-corrected chi connectivity index (χ4v) is 2.41. The minimum atomic E-state index is -0.457. The van der Waals surface area contributed by atoms with E-state index in [0.29, 0.717) is 5.56 Å². The number of carbonyl (C=O) groups is 2. The predicted octanol–water partition coefficient (Wildman–Crippen LogP) is 2.77. The smallest absolute Gasteiger partial charge is 0.273 e. The Balaban J connectivity index is 1.68. The van der Waals surface area contributed by atoms with E-state index in [2.05, 4.69) is 15.8 Å². The van der Waals surface area contributed by atoms with Gasteiger partial charge in [-0.2, -0.15) is 0 Å². The number of carbonyl (C=O) groups excluding carboxylic acids is 2. The summed E-state index contributed by atoms with van der Waals surface area (Å²) in [5, 5.41) is 8.92. The van der Waals surface area contributed by atoms with E-state index in [1.54, 1.807) is 49.5 Å². The molecule has 0 atom stereocenters. The van der Waals surface area contributed by atoms with E-state index in [-0.39, 0.29) is 29.5 Å². The number of hydrogen-bond acceptors (Lipinski definition) is 4. The first-order valence-electron chi connectivity index (χ1n) is 7.89. The lowest BCUT2D eigenvalue weighted by atomic mass is 10.1. The average molecular weight is 353 g/mol. The molecule has 0 aliphatic heterocycles. The topological polar surface area (TPSA) is 84.2 Å². The van der Waals surface area contributed by atoms with Gasteiger partial charge < -0.3 is 15.2 Å². The van der Waals surface area contributed by atoms with Crippen LogP contribution < -0.4 is 10.6 Å². The minimum Gasteiger partial charge on any atom is -0.355 e. The zero-order chi connectivity index (χ0) is 18.5. The van der Waals surface area contributed by atoms with Gasteiger partial charge in [-0.05, 0) is 29.8 Å². The zero-order valence-corrected chi connectivity index (χ0v) is 14.0. The van der Waals surface area contributed by atoms with E-state index in [1.165, 1.54) is 12.1 Å². The van der Waals surface area contributed by atoms with E-state index >= 15 is 0 Å². The summed E-state index contributed by atoms with van der Waals surface area (Å²) in [5.41, 5.74) is 1.54. The van der Waals surface area contributed by atoms with E-state index in [9.17, 15) is 14.0 Å². The molecule has 132 valence electrons. The van der Waals surface area contributed by atoms with Gasteiger partial charge in [-0.1, -0.05) is 29.4 Å². The van der Waals surface area contributed by atoms with Crippen LogP contribution in [0.3, 0.4) is 0 Å². The standard InChI is InChI=1S/C19H16FN3O3/c1-21-18(24)13-6-4-5-12(9-13)11-22-19(25)16-10-17(26-23-16)14-7-2-3-8-15(14)20/h2-10H,11H2,1H3,(H,21,24)(H,22,25). The number of hydrogen-bond donors (Lipinski definition) is 2. The first-order valence-corrected chi connectivity index (χ1v) is 7.89. The minimum absolute atomic E-state index is 0.0470. The molecule has 0 saturated carbocycles. The van der Waals surface area contributed by atoms with Crippen LogP contribution in [0.2, 0.25) is 0 Å². The lowest BCUT2D eigenvalue weighted by Gasteiger charge is -2.05. The van der Waals surface area contributed by atoms with Crippen LogP contribution in [-0.2, 0) is 6.54 Å². The van der Waals surface area contributed by atoms with Gasteiger partial charge in [0, 0.05) is 25.2 Å². The van der Waals surface area contributed by atoms with Gasteiger partial charge in [-0.25, -0.2) is 4.39 Å². The maximum Gasteiger partial charge on any atom is 0.273 e. The molecule has 1 aromatic heterocycles. The molecule has 0 saturated heterocycles. The van der Waals surface area contributed by atoms with Crippen LogP contribution in [0.25, 0.3) is 11.3 Å². The van der Waals surface area contributed by atoms with Crippen LogP contribution in [0.15, 0.2) is 59.1 Å². The lowest BCUT2D eigenvalue weighted by molar-refractivity contribution is 0.0940. The summed E-state index contributed by atoms with van der Waals surface area (Å²) in [5.74, 6) is -0.942. The van der Waals surface area contributed by atoms with Crippen molar-refractivity contribution in [2.24, 2.45) is 0 Å². The molecule has 2 amide bonds. The Morgan fingerprint density at radius 1 is 1.08 bits per heavy atom. The SMILES string of the molecule is CNC(=O)c1cccc(CNC(=O)c2cc(-c3ccccc3F)on2)c1. The molecule has 0 fully saturated rings. The van der Waals surface area contributed by atoms with Crippen LogP contribution in [0.1, 0.15) is 26.4 Å². The number of benzene rings is 2. The summed E-state index contributed by atoms with van der Waals surface area (Å²) in [6.45, 7) is 0.214. The van der Waals surface area contributed by atoms with Crippen LogP contribution >= 0.6 is 0 Å². The Morgan fingerprint density at radius 3 is 2.65 bits per heavy atom. The highest BCUT2D eigenvalue weighted by atomic mass is 19.1. The Bertz CT molecular complexity index is 952. The third-order valence-electron chi connectivity index (χ3n) is 3.75. The summed E-state index contributed by atoms with van der Waals surface area (Å²) >= 11 is 0. The number of amides is 2. The van der Waals surface area contributed by atoms with Crippen molar-refractivity contribution in [3.63, 3.8) is 0 Å². The highest BCUT2D eigenvalue weighted by molar-refractivity contribution is 5.94. The fraction of sp³-hybridized carbons (Fsp3) is 0.105. The van der Waals surface area contributed by atoms with E-state index in [0.717, 1.165) is 5.56 Å². The quantitative estimate of drug-likeness (QED) is 0.739. The fourth-order valence-electron chi connectivity index (χ4n) is 2.41. The Labute approximate surface area is 149 Å². The van der Waals surface area contributed by atoms with Crippen molar-refractivity contribution in [2.75, 3.05) is 7.05 Å². The monoisotopic (exact) mass is 353 g/mol. The van der Waals surface area contributed by atoms with E-state index < -0.39 is 11.7 Å². The molecule has 3 rings (SSSR count). The number of halogens is 1. The number of rotatable bonds is 5. The van der Waals surface area contributed by atoms with E-state index in [4.69, 9.17) is 4.52 Å². The Hall–Kier alpha value is -3.48. The van der Waals surface area contributed by atoms with Crippen LogP contribution in [0.4, 0.5) is 4.39 Å². The Kier molecular flexibility index (Phi) is 5.07. The molecule has 26 heavy (non-hydrogen) atoms. The second kappa shape index (κ2) is 7.60. The first-order chi connectivity index (χ1) is 12.6. The summed E-state index contributed by atoms with van der Waals surface area (Å²) in [4.78, 5) is 23.9. The lowest BCUT2D eigenvalue weighted by Crippen LogP contribution is -2.23. The van der Waals surface area contributed by atoms with Crippen molar-refractivity contribution < 1.29 is 18.5 Å². The highest BCUT2D eigenvalue weighted by Crippen LogP contribution is 2.23. The molecule has 7 heteroatoms. The van der Waals surface area contributed by atoms with Crippen molar-refractivity contribution in [1.29, 1.82) is 0 Å². The summed E-state index contributed by atoms with van der Waals surface area (Å²) in [7, 11) is 1.55. The molecular weight excluding hydrogens is 337 g/mol. The van der Waals surface area contributed by atoms with Gasteiger partial charge in [0.2, 0.25) is 0 Å². The average Bonchev–Trinajstić information content (AvgIpc) is 3.16. The molecule has 6 nitrogen and oxygen atoms in total. The van der Waals surface area contributed by atoms with Gasteiger partial charge in [0.05, 0.1) is 5.56 Å². The van der Waals surface area contributed by atoms with Gasteiger partial charge >= 0.3 is 0 Å². The summed E-state index contributed by atoms with van der Waals surface area (Å²) in [6.07, 6.45) is 0. The molecule has 0 aliphatic rings. The van der Waals surface area contributed by atoms with E-state index in [1.807, 2.05) is 0 Å². The number of aromatic nitrogens is 1. The third-order valence-corrected chi connectivity index (χ3v) is 3.75. The summed E-state index contributed by atoms with van der Waals surface area (Å²) < 4.78 is 18.8. The molecule has 2 aromatic carbocycles. The van der Waals surface area contributed by atoms with Gasteiger partial charge in [-0.15, -0.1) is 0 Å². The Morgan fingerprint density at radius 2 is 1.88 bits per heavy atom. The third kappa shape index (κ3) is 3.77. The van der Waals surface area contributed by atoms with Crippen molar-refractivity contribution in [2.45, 2.75) is 6.54 Å². The van der Waals surface area contributed by atoms with Crippen molar-refractivity contribution >= 4 is 11.8 Å². The second-order valence-corrected chi connectivity index (χ2v) is 5.52. The number of nitrogens with one attached hydrogen (secondary N) is 2. The molecule has 0 spiro atoms. The molecule has 0 radical (unpaired) electrons. The van der Waals surface area contributed by atoms with Crippen LogP contribution in [0, 0.1) is 5.82 Å². The second-order valence-electron chi connectivity index (χ2n) is 5.52. The van der Waals surface area contributed by atoms with Gasteiger partial charge in [0.1, 0.15) is 5.82 Å². The van der Waals surface area contributed by atoms with Crippen LogP contribution in [-0.4, -0.2) is 24.0 Å². The van der Waals surface area contributed by atoms with Gasteiger partial charge in [0.15, 0.2) is 11.5 Å². The number of nitrogens with zero attached hydrogens (tertiary/aromatic N) is 1. The molecule has 0 bridgehead atoms. The molecule has 0 aliphatic carbocycles. The largest absolute Gasteiger partial charge is 0.355 e. The maximum absolute atomic E-state index is 13.8. The molecular formula is C19H16FN3O3. The molecule has 1 heterocycles. The normalized spacial score (nSPS) is 10.4. The highest BCUT2D eigenvalue weighted by Gasteiger charge is 2.15. The van der Waals surface area contributed by atoms with Crippen molar-refractivity contribution in [1.82, 2.24) is 15.8 Å². The zero-order valence-electron chi connectivity index (χ0n) is 14.0. The van der Waals surface area contributed by atoms with Gasteiger partial charge in [0.25, 0.3) is 11.8 Å². The van der Waals surface area contributed by atoms with Crippen molar-refractivity contribution in [3.05, 3.63) is 77.2 Å². The molecule has 0 unspecified atom stereocenters. The molecule has 2 N–H and O–H groups in total. The first kappa shape index (κ1) is 17.3. The summed E-state index contributed by atoms with van der Waals surface area (Å²) in [6, 6.07) is 14.4. The maximum atomic E-state index is 13.8. The van der Waals surface area contributed by atoms with Crippen molar-refractivity contribution in [3.8, 4) is 11.3 Å². The van der Waals surface area contributed by atoms with Gasteiger partial charge in [-0.3, -0.25) is 9.59 Å². The van der Waals surface area contributed by atoms with Crippen LogP contribution in [0.5, 0.6) is 0 Å².